The van der Waals surface area contributed by atoms with Crippen LogP contribution in [0.15, 0.2) is 42.5 Å². The summed E-state index contributed by atoms with van der Waals surface area (Å²) in [5, 5.41) is 13.3. The van der Waals surface area contributed by atoms with E-state index in [2.05, 4.69) is 5.32 Å². The standard InChI is InChI=1S/C14H13N3O4/c1-9(18)16-10-2-4-11(5-3-10)21-12-6-7-14(17(19)20)13(15)8-12/h2-8H,15H2,1H3,(H,16,18). The van der Waals surface area contributed by atoms with Crippen molar-refractivity contribution in [2.24, 2.45) is 0 Å². The Bertz CT molecular complexity index is 683. The van der Waals surface area contributed by atoms with Crippen molar-refractivity contribution in [3.05, 3.63) is 52.6 Å². The van der Waals surface area contributed by atoms with E-state index in [-0.39, 0.29) is 17.3 Å². The van der Waals surface area contributed by atoms with E-state index >= 15 is 0 Å². The second kappa shape index (κ2) is 5.91. The molecule has 0 aliphatic heterocycles. The number of nitrogens with zero attached hydrogens (tertiary/aromatic N) is 1. The van der Waals surface area contributed by atoms with E-state index in [4.69, 9.17) is 10.5 Å². The van der Waals surface area contributed by atoms with Crippen LogP contribution in [0.2, 0.25) is 0 Å². The van der Waals surface area contributed by atoms with Crippen molar-refractivity contribution in [2.45, 2.75) is 6.92 Å². The predicted octanol–water partition coefficient (Wildman–Crippen LogP) is 2.93. The summed E-state index contributed by atoms with van der Waals surface area (Å²) in [6.45, 7) is 1.42. The van der Waals surface area contributed by atoms with Crippen LogP contribution < -0.4 is 15.8 Å². The number of benzene rings is 2. The number of hydrogen-bond donors (Lipinski definition) is 2. The summed E-state index contributed by atoms with van der Waals surface area (Å²) in [5.74, 6) is 0.759. The first kappa shape index (κ1) is 14.3. The Morgan fingerprint density at radius 3 is 2.33 bits per heavy atom. The highest BCUT2D eigenvalue weighted by atomic mass is 16.6. The van der Waals surface area contributed by atoms with E-state index in [9.17, 15) is 14.9 Å². The number of rotatable bonds is 4. The molecular weight excluding hydrogens is 274 g/mol. The number of amides is 1. The maximum Gasteiger partial charge on any atom is 0.292 e. The summed E-state index contributed by atoms with van der Waals surface area (Å²) in [5.41, 5.74) is 6.11. The van der Waals surface area contributed by atoms with Gasteiger partial charge in [0.05, 0.1) is 4.92 Å². The highest BCUT2D eigenvalue weighted by Gasteiger charge is 2.11. The van der Waals surface area contributed by atoms with Crippen molar-refractivity contribution < 1.29 is 14.5 Å². The van der Waals surface area contributed by atoms with Gasteiger partial charge in [0.2, 0.25) is 5.91 Å². The van der Waals surface area contributed by atoms with Gasteiger partial charge in [0, 0.05) is 24.7 Å². The fourth-order valence-electron chi connectivity index (χ4n) is 1.71. The van der Waals surface area contributed by atoms with Crippen LogP contribution in [0.3, 0.4) is 0 Å². The van der Waals surface area contributed by atoms with Gasteiger partial charge in [-0.15, -0.1) is 0 Å². The van der Waals surface area contributed by atoms with Gasteiger partial charge in [0.1, 0.15) is 17.2 Å². The maximum absolute atomic E-state index is 10.9. The molecule has 108 valence electrons. The van der Waals surface area contributed by atoms with Gasteiger partial charge in [0.25, 0.3) is 5.69 Å². The zero-order valence-corrected chi connectivity index (χ0v) is 11.2. The topological polar surface area (TPSA) is 107 Å². The lowest BCUT2D eigenvalue weighted by atomic mass is 10.2. The van der Waals surface area contributed by atoms with E-state index in [1.54, 1.807) is 24.3 Å². The van der Waals surface area contributed by atoms with Crippen LogP contribution in [0.5, 0.6) is 11.5 Å². The van der Waals surface area contributed by atoms with Crippen molar-refractivity contribution in [1.29, 1.82) is 0 Å². The summed E-state index contributed by atoms with van der Waals surface area (Å²) >= 11 is 0. The Hall–Kier alpha value is -3.09. The van der Waals surface area contributed by atoms with Crippen LogP contribution in [0.1, 0.15) is 6.92 Å². The molecule has 0 unspecified atom stereocenters. The predicted molar refractivity (Wildman–Crippen MR) is 78.3 cm³/mol. The molecule has 0 fully saturated rings. The van der Waals surface area contributed by atoms with Crippen molar-refractivity contribution in [3.63, 3.8) is 0 Å². The third-order valence-corrected chi connectivity index (χ3v) is 2.61. The van der Waals surface area contributed by atoms with Crippen molar-refractivity contribution in [2.75, 3.05) is 11.1 Å². The smallest absolute Gasteiger partial charge is 0.292 e. The molecule has 2 aromatic carbocycles. The Morgan fingerprint density at radius 1 is 1.19 bits per heavy atom. The molecule has 7 heteroatoms. The molecular formula is C14H13N3O4. The molecule has 2 rings (SSSR count). The summed E-state index contributed by atoms with van der Waals surface area (Å²) < 4.78 is 5.54. The first-order valence-corrected chi connectivity index (χ1v) is 6.05. The van der Waals surface area contributed by atoms with Gasteiger partial charge < -0.3 is 15.8 Å². The third-order valence-electron chi connectivity index (χ3n) is 2.61. The highest BCUT2D eigenvalue weighted by molar-refractivity contribution is 5.88. The molecule has 2 aromatic rings. The molecule has 0 heterocycles. The van der Waals surface area contributed by atoms with Crippen LogP contribution in [-0.4, -0.2) is 10.8 Å². The number of anilines is 2. The van der Waals surface area contributed by atoms with E-state index in [1.807, 2.05) is 0 Å². The van der Waals surface area contributed by atoms with Gasteiger partial charge in [0.15, 0.2) is 0 Å². The monoisotopic (exact) mass is 287 g/mol. The number of nitro benzene ring substituents is 1. The number of hydrogen-bond acceptors (Lipinski definition) is 5. The quantitative estimate of drug-likeness (QED) is 0.510. The second-order valence-corrected chi connectivity index (χ2v) is 4.29. The normalized spacial score (nSPS) is 9.95. The Balaban J connectivity index is 2.13. The number of carbonyl (C=O) groups excluding carboxylic acids is 1. The van der Waals surface area contributed by atoms with Gasteiger partial charge in [-0.05, 0) is 30.3 Å². The van der Waals surface area contributed by atoms with E-state index in [0.29, 0.717) is 17.2 Å². The lowest BCUT2D eigenvalue weighted by molar-refractivity contribution is -0.383. The number of ether oxygens (including phenoxy) is 1. The molecule has 0 radical (unpaired) electrons. The van der Waals surface area contributed by atoms with Crippen molar-refractivity contribution in [3.8, 4) is 11.5 Å². The summed E-state index contributed by atoms with van der Waals surface area (Å²) in [6.07, 6.45) is 0. The molecule has 0 aliphatic carbocycles. The molecule has 0 saturated heterocycles. The summed E-state index contributed by atoms with van der Waals surface area (Å²) in [7, 11) is 0. The molecule has 0 aliphatic rings. The minimum absolute atomic E-state index is 0.0346. The van der Waals surface area contributed by atoms with E-state index < -0.39 is 4.92 Å². The Labute approximate surface area is 120 Å². The van der Waals surface area contributed by atoms with Gasteiger partial charge >= 0.3 is 0 Å². The highest BCUT2D eigenvalue weighted by Crippen LogP contribution is 2.29. The van der Waals surface area contributed by atoms with Crippen LogP contribution in [0, 0.1) is 10.1 Å². The van der Waals surface area contributed by atoms with Crippen LogP contribution in [-0.2, 0) is 4.79 Å². The fourth-order valence-corrected chi connectivity index (χ4v) is 1.71. The Kier molecular flexibility index (Phi) is 4.03. The molecule has 0 atom stereocenters. The van der Waals surface area contributed by atoms with Crippen LogP contribution in [0.4, 0.5) is 17.1 Å². The molecule has 0 bridgehead atoms. The maximum atomic E-state index is 10.9. The van der Waals surface area contributed by atoms with Gasteiger partial charge in [-0.1, -0.05) is 0 Å². The minimum atomic E-state index is -0.554. The van der Waals surface area contributed by atoms with E-state index in [0.717, 1.165) is 0 Å². The number of nitrogen functional groups attached to an aromatic ring is 1. The zero-order chi connectivity index (χ0) is 15.4. The van der Waals surface area contributed by atoms with Gasteiger partial charge in [-0.3, -0.25) is 14.9 Å². The SMILES string of the molecule is CC(=O)Nc1ccc(Oc2ccc([N+](=O)[O-])c(N)c2)cc1. The van der Waals surface area contributed by atoms with Crippen LogP contribution >= 0.6 is 0 Å². The second-order valence-electron chi connectivity index (χ2n) is 4.29. The zero-order valence-electron chi connectivity index (χ0n) is 11.2. The minimum Gasteiger partial charge on any atom is -0.457 e. The van der Waals surface area contributed by atoms with Gasteiger partial charge in [-0.2, -0.15) is 0 Å². The molecule has 0 saturated carbocycles. The molecule has 7 nitrogen and oxygen atoms in total. The lowest BCUT2D eigenvalue weighted by Crippen LogP contribution is -2.05. The van der Waals surface area contributed by atoms with Gasteiger partial charge in [-0.25, -0.2) is 0 Å². The molecule has 3 N–H and O–H groups in total. The summed E-state index contributed by atoms with van der Waals surface area (Å²) in [4.78, 5) is 21.0. The molecule has 0 aromatic heterocycles. The fraction of sp³-hybridized carbons (Fsp3) is 0.0714. The van der Waals surface area contributed by atoms with Crippen molar-refractivity contribution >= 4 is 23.0 Å². The largest absolute Gasteiger partial charge is 0.457 e. The molecule has 21 heavy (non-hydrogen) atoms. The average Bonchev–Trinajstić information content (AvgIpc) is 2.40. The third kappa shape index (κ3) is 3.69. The Morgan fingerprint density at radius 2 is 1.81 bits per heavy atom. The first-order valence-electron chi connectivity index (χ1n) is 6.05. The number of nitro groups is 1. The number of carbonyl (C=O) groups is 1. The molecule has 0 spiro atoms. The average molecular weight is 287 g/mol. The molecule has 1 amide bonds. The van der Waals surface area contributed by atoms with Crippen LogP contribution in [0.25, 0.3) is 0 Å². The first-order chi connectivity index (χ1) is 9.95. The number of nitrogens with two attached hydrogens (primary N) is 1. The lowest BCUT2D eigenvalue weighted by Gasteiger charge is -2.08. The number of nitrogens with one attached hydrogen (secondary N) is 1. The van der Waals surface area contributed by atoms with Crippen molar-refractivity contribution in [1.82, 2.24) is 0 Å². The van der Waals surface area contributed by atoms with E-state index in [1.165, 1.54) is 25.1 Å². The summed E-state index contributed by atoms with van der Waals surface area (Å²) in [6, 6.07) is 10.9.